The minimum atomic E-state index is -0.0861. The van der Waals surface area contributed by atoms with Crippen LogP contribution in [0.15, 0.2) is 36.4 Å². The van der Waals surface area contributed by atoms with Crippen molar-refractivity contribution in [1.82, 2.24) is 4.90 Å². The highest BCUT2D eigenvalue weighted by Crippen LogP contribution is 2.35. The van der Waals surface area contributed by atoms with Crippen molar-refractivity contribution in [2.75, 3.05) is 38.1 Å². The molecule has 2 atom stereocenters. The Kier molecular flexibility index (Phi) is 5.21. The van der Waals surface area contributed by atoms with Gasteiger partial charge in [0.15, 0.2) is 0 Å². The molecule has 0 bridgehead atoms. The molecule has 5 heteroatoms. The van der Waals surface area contributed by atoms with Gasteiger partial charge in [-0.1, -0.05) is 24.3 Å². The van der Waals surface area contributed by atoms with E-state index >= 15 is 0 Å². The van der Waals surface area contributed by atoms with E-state index in [0.29, 0.717) is 11.8 Å². The van der Waals surface area contributed by atoms with Gasteiger partial charge in [0.05, 0.1) is 5.69 Å². The number of anilines is 1. The van der Waals surface area contributed by atoms with Crippen LogP contribution in [0.2, 0.25) is 0 Å². The third kappa shape index (κ3) is 2.90. The molecule has 22 heavy (non-hydrogen) atoms. The molecule has 4 rings (SSSR count). The Labute approximate surface area is 143 Å². The fourth-order valence-corrected chi connectivity index (χ4v) is 3.87. The minimum Gasteiger partial charge on any atom is -0.368 e. The highest BCUT2D eigenvalue weighted by molar-refractivity contribution is 5.86. The molecule has 0 aromatic heterocycles. The summed E-state index contributed by atoms with van der Waals surface area (Å²) in [6.45, 7) is 4.28. The van der Waals surface area contributed by atoms with Crippen LogP contribution in [0.4, 0.5) is 10.1 Å². The van der Waals surface area contributed by atoms with Crippen LogP contribution in [-0.2, 0) is 0 Å². The molecular weight excluding hydrogens is 322 g/mol. The molecule has 2 saturated heterocycles. The van der Waals surface area contributed by atoms with Gasteiger partial charge < -0.3 is 9.80 Å². The normalized spacial score (nSPS) is 24.0. The summed E-state index contributed by atoms with van der Waals surface area (Å²) in [6, 6.07) is 11.7. The van der Waals surface area contributed by atoms with Gasteiger partial charge in [0.25, 0.3) is 0 Å². The highest BCUT2D eigenvalue weighted by Gasteiger charge is 2.39. The molecule has 2 heterocycles. The number of fused-ring (bicyclic) bond motifs is 2. The lowest BCUT2D eigenvalue weighted by molar-refractivity contribution is 0.386. The van der Waals surface area contributed by atoms with Gasteiger partial charge in [0, 0.05) is 26.2 Å². The van der Waals surface area contributed by atoms with Crippen LogP contribution in [-0.4, -0.2) is 38.1 Å². The molecule has 0 saturated carbocycles. The SMILES string of the molecule is CN1CC2CN(c3cc4ccccc4cc3F)CC2C1.Cl.Cl. The second kappa shape index (κ2) is 6.61. The van der Waals surface area contributed by atoms with Crippen LogP contribution in [0, 0.1) is 17.7 Å². The molecule has 120 valence electrons. The van der Waals surface area contributed by atoms with E-state index in [1.54, 1.807) is 6.07 Å². The molecule has 0 spiro atoms. The summed E-state index contributed by atoms with van der Waals surface area (Å²) in [5, 5.41) is 2.10. The molecular formula is C17H21Cl2FN2. The van der Waals surface area contributed by atoms with E-state index in [0.717, 1.165) is 42.6 Å². The van der Waals surface area contributed by atoms with Crippen molar-refractivity contribution in [3.05, 3.63) is 42.2 Å². The number of rotatable bonds is 1. The van der Waals surface area contributed by atoms with Crippen molar-refractivity contribution in [1.29, 1.82) is 0 Å². The summed E-state index contributed by atoms with van der Waals surface area (Å²) >= 11 is 0. The lowest BCUT2D eigenvalue weighted by atomic mass is 10.0. The van der Waals surface area contributed by atoms with E-state index in [1.165, 1.54) is 0 Å². The molecule has 2 aliphatic heterocycles. The van der Waals surface area contributed by atoms with Gasteiger partial charge in [-0.15, -0.1) is 24.8 Å². The summed E-state index contributed by atoms with van der Waals surface area (Å²) in [6.07, 6.45) is 0. The molecule has 0 aliphatic carbocycles. The highest BCUT2D eigenvalue weighted by atomic mass is 35.5. The standard InChI is InChI=1S/C17H19FN2.2ClH/c1-19-8-14-10-20(11-15(14)9-19)17-7-13-5-3-2-4-12(13)6-16(17)18;;/h2-7,14-15H,8-11H2,1H3;2*1H. The van der Waals surface area contributed by atoms with Gasteiger partial charge >= 0.3 is 0 Å². The van der Waals surface area contributed by atoms with E-state index in [2.05, 4.69) is 22.9 Å². The van der Waals surface area contributed by atoms with E-state index in [9.17, 15) is 4.39 Å². The van der Waals surface area contributed by atoms with Gasteiger partial charge in [0.2, 0.25) is 0 Å². The fourth-order valence-electron chi connectivity index (χ4n) is 3.87. The average molecular weight is 343 g/mol. The molecule has 2 aliphatic rings. The predicted octanol–water partition coefficient (Wildman–Crippen LogP) is 3.82. The zero-order valence-electron chi connectivity index (χ0n) is 12.5. The lowest BCUT2D eigenvalue weighted by Crippen LogP contribution is -2.27. The number of nitrogens with zero attached hydrogens (tertiary/aromatic N) is 2. The summed E-state index contributed by atoms with van der Waals surface area (Å²) in [5.41, 5.74) is 0.778. The van der Waals surface area contributed by atoms with Crippen LogP contribution in [0.3, 0.4) is 0 Å². The predicted molar refractivity (Wildman–Crippen MR) is 95.1 cm³/mol. The summed E-state index contributed by atoms with van der Waals surface area (Å²) < 4.78 is 14.4. The zero-order chi connectivity index (χ0) is 13.7. The van der Waals surface area contributed by atoms with Gasteiger partial charge in [-0.2, -0.15) is 0 Å². The molecule has 2 unspecified atom stereocenters. The van der Waals surface area contributed by atoms with Crippen LogP contribution in [0.1, 0.15) is 0 Å². The topological polar surface area (TPSA) is 6.48 Å². The largest absolute Gasteiger partial charge is 0.368 e. The number of halogens is 3. The maximum absolute atomic E-state index is 14.4. The summed E-state index contributed by atoms with van der Waals surface area (Å²) in [5.74, 6) is 1.31. The molecule has 2 aromatic rings. The molecule has 2 fully saturated rings. The molecule has 2 aromatic carbocycles. The Morgan fingerprint density at radius 1 is 0.909 bits per heavy atom. The van der Waals surface area contributed by atoms with Crippen molar-refractivity contribution in [2.24, 2.45) is 11.8 Å². The number of benzene rings is 2. The average Bonchev–Trinajstić information content (AvgIpc) is 2.95. The second-order valence-corrected chi connectivity index (χ2v) is 6.30. The third-order valence-electron chi connectivity index (χ3n) is 4.82. The monoisotopic (exact) mass is 342 g/mol. The molecule has 0 amide bonds. The zero-order valence-corrected chi connectivity index (χ0v) is 14.2. The van der Waals surface area contributed by atoms with Crippen LogP contribution >= 0.6 is 24.8 Å². The van der Waals surface area contributed by atoms with Gasteiger partial charge in [-0.3, -0.25) is 0 Å². The number of hydrogen-bond donors (Lipinski definition) is 0. The molecule has 2 nitrogen and oxygen atoms in total. The first-order chi connectivity index (χ1) is 9.70. The van der Waals surface area contributed by atoms with Crippen molar-refractivity contribution in [2.45, 2.75) is 0 Å². The molecule has 0 N–H and O–H groups in total. The van der Waals surface area contributed by atoms with Gasteiger partial charge in [-0.05, 0) is 41.8 Å². The second-order valence-electron chi connectivity index (χ2n) is 6.30. The number of hydrogen-bond acceptors (Lipinski definition) is 2. The quantitative estimate of drug-likeness (QED) is 0.777. The Morgan fingerprint density at radius 3 is 2.05 bits per heavy atom. The number of likely N-dealkylation sites (tertiary alicyclic amines) is 1. The first kappa shape index (κ1) is 17.3. The van der Waals surface area contributed by atoms with Crippen LogP contribution < -0.4 is 4.90 Å². The maximum Gasteiger partial charge on any atom is 0.147 e. The van der Waals surface area contributed by atoms with Crippen molar-refractivity contribution in [3.63, 3.8) is 0 Å². The van der Waals surface area contributed by atoms with E-state index in [4.69, 9.17) is 0 Å². The van der Waals surface area contributed by atoms with Crippen molar-refractivity contribution in [3.8, 4) is 0 Å². The van der Waals surface area contributed by atoms with E-state index in [1.807, 2.05) is 24.3 Å². The first-order valence-electron chi connectivity index (χ1n) is 7.32. The van der Waals surface area contributed by atoms with Crippen molar-refractivity contribution >= 4 is 41.3 Å². The molecule has 0 radical (unpaired) electrons. The van der Waals surface area contributed by atoms with E-state index < -0.39 is 0 Å². The first-order valence-corrected chi connectivity index (χ1v) is 7.32. The van der Waals surface area contributed by atoms with Gasteiger partial charge in [-0.25, -0.2) is 4.39 Å². The Balaban J connectivity index is 0.000000882. The smallest absolute Gasteiger partial charge is 0.147 e. The summed E-state index contributed by atoms with van der Waals surface area (Å²) in [4.78, 5) is 4.63. The van der Waals surface area contributed by atoms with Crippen LogP contribution in [0.25, 0.3) is 10.8 Å². The fraction of sp³-hybridized carbons (Fsp3) is 0.412. The Morgan fingerprint density at radius 2 is 1.45 bits per heavy atom. The lowest BCUT2D eigenvalue weighted by Gasteiger charge is -2.22. The van der Waals surface area contributed by atoms with Gasteiger partial charge in [0.1, 0.15) is 5.82 Å². The summed E-state index contributed by atoms with van der Waals surface area (Å²) in [7, 11) is 2.18. The Bertz CT molecular complexity index is 650. The van der Waals surface area contributed by atoms with E-state index in [-0.39, 0.29) is 30.6 Å². The van der Waals surface area contributed by atoms with Crippen LogP contribution in [0.5, 0.6) is 0 Å². The maximum atomic E-state index is 14.4. The Hall–Kier alpha value is -1.03. The van der Waals surface area contributed by atoms with Crippen molar-refractivity contribution < 1.29 is 4.39 Å². The third-order valence-corrected chi connectivity index (χ3v) is 4.82. The minimum absolute atomic E-state index is 0.